The van der Waals surface area contributed by atoms with E-state index in [4.69, 9.17) is 0 Å². The van der Waals surface area contributed by atoms with Crippen molar-refractivity contribution in [2.24, 2.45) is 5.92 Å². The maximum atomic E-state index is 11.6. The molecule has 1 aromatic carbocycles. The van der Waals surface area contributed by atoms with Gasteiger partial charge in [0.2, 0.25) is 11.9 Å². The van der Waals surface area contributed by atoms with Crippen LogP contribution in [0.2, 0.25) is 0 Å². The molecule has 2 atom stereocenters. The summed E-state index contributed by atoms with van der Waals surface area (Å²) in [5.41, 5.74) is 1.79. The molecule has 1 N–H and O–H groups in total. The van der Waals surface area contributed by atoms with Crippen LogP contribution in [0.5, 0.6) is 0 Å². The lowest BCUT2D eigenvalue weighted by atomic mass is 10.2. The highest BCUT2D eigenvalue weighted by Crippen LogP contribution is 2.34. The fourth-order valence-corrected chi connectivity index (χ4v) is 1.57. The molecule has 0 bridgehead atoms. The van der Waals surface area contributed by atoms with Crippen LogP contribution in [0.25, 0.3) is 0 Å². The van der Waals surface area contributed by atoms with Crippen LogP contribution in [-0.2, 0) is 4.79 Å². The molecule has 0 saturated heterocycles. The fraction of sp³-hybridized carbons (Fsp3) is 0.364. The number of rotatable bonds is 3. The third-order valence-electron chi connectivity index (χ3n) is 2.68. The topological polar surface area (TPSA) is 72.2 Å². The van der Waals surface area contributed by atoms with Crippen LogP contribution in [0.1, 0.15) is 12.0 Å². The number of nitrogens with zero attached hydrogens (tertiary/aromatic N) is 1. The second kappa shape index (κ2) is 3.92. The van der Waals surface area contributed by atoms with Gasteiger partial charge >= 0.3 is 0 Å². The number of hydrogen-bond donors (Lipinski definition) is 1. The van der Waals surface area contributed by atoms with Gasteiger partial charge in [0.15, 0.2) is 0 Å². The Balaban J connectivity index is 1.94. The Bertz CT molecular complexity index is 427. The second-order valence-electron chi connectivity index (χ2n) is 4.05. The van der Waals surface area contributed by atoms with Gasteiger partial charge in [-0.1, -0.05) is 17.7 Å². The first-order valence-corrected chi connectivity index (χ1v) is 5.09. The van der Waals surface area contributed by atoms with Crippen LogP contribution >= 0.6 is 0 Å². The minimum atomic E-state index is -0.689. The van der Waals surface area contributed by atoms with E-state index in [2.05, 4.69) is 5.32 Å². The first-order chi connectivity index (χ1) is 7.58. The van der Waals surface area contributed by atoms with Crippen molar-refractivity contribution in [3.05, 3.63) is 39.9 Å². The number of benzene rings is 1. The first kappa shape index (κ1) is 10.6. The summed E-state index contributed by atoms with van der Waals surface area (Å²) in [6.07, 6.45) is 0.352. The number of amides is 1. The van der Waals surface area contributed by atoms with Gasteiger partial charge in [-0.15, -0.1) is 0 Å². The van der Waals surface area contributed by atoms with Gasteiger partial charge in [0, 0.05) is 17.0 Å². The number of nitrogens with one attached hydrogen (secondary N) is 1. The Labute approximate surface area is 92.6 Å². The molecular weight excluding hydrogens is 208 g/mol. The van der Waals surface area contributed by atoms with Crippen molar-refractivity contribution in [2.75, 3.05) is 5.32 Å². The monoisotopic (exact) mass is 220 g/mol. The molecule has 1 saturated carbocycles. The van der Waals surface area contributed by atoms with Crippen LogP contribution < -0.4 is 5.32 Å². The molecular formula is C11H12N2O3. The highest BCUT2D eigenvalue weighted by molar-refractivity contribution is 5.94. The van der Waals surface area contributed by atoms with E-state index >= 15 is 0 Å². The highest BCUT2D eigenvalue weighted by Gasteiger charge is 2.53. The third kappa shape index (κ3) is 2.18. The van der Waals surface area contributed by atoms with Crippen LogP contribution in [0.4, 0.5) is 5.69 Å². The van der Waals surface area contributed by atoms with E-state index in [1.165, 1.54) is 0 Å². The van der Waals surface area contributed by atoms with Gasteiger partial charge in [0.1, 0.15) is 5.92 Å². The third-order valence-corrected chi connectivity index (χ3v) is 2.68. The number of carbonyl (C=O) groups excluding carboxylic acids is 1. The lowest BCUT2D eigenvalue weighted by Crippen LogP contribution is -2.18. The number of carbonyl (C=O) groups is 1. The van der Waals surface area contributed by atoms with Gasteiger partial charge < -0.3 is 5.32 Å². The Morgan fingerprint density at radius 1 is 1.44 bits per heavy atom. The summed E-state index contributed by atoms with van der Waals surface area (Å²) in [5.74, 6) is -0.721. The SMILES string of the molecule is Cc1ccc(NC(=O)[C@H]2C[C@@H]2[N+](=O)[O-])cc1. The summed E-state index contributed by atoms with van der Waals surface area (Å²) in [7, 11) is 0. The maximum Gasteiger partial charge on any atom is 0.234 e. The Hall–Kier alpha value is -1.91. The summed E-state index contributed by atoms with van der Waals surface area (Å²) in [5, 5.41) is 13.1. The van der Waals surface area contributed by atoms with E-state index in [-0.39, 0.29) is 10.8 Å². The average molecular weight is 220 g/mol. The van der Waals surface area contributed by atoms with Gasteiger partial charge in [-0.05, 0) is 19.1 Å². The lowest BCUT2D eigenvalue weighted by Gasteiger charge is -2.03. The van der Waals surface area contributed by atoms with Crippen molar-refractivity contribution >= 4 is 11.6 Å². The summed E-state index contributed by atoms with van der Waals surface area (Å²) in [4.78, 5) is 21.6. The fourth-order valence-electron chi connectivity index (χ4n) is 1.57. The molecule has 1 aliphatic carbocycles. The van der Waals surface area contributed by atoms with Gasteiger partial charge in [-0.2, -0.15) is 0 Å². The zero-order valence-electron chi connectivity index (χ0n) is 8.84. The molecule has 0 unspecified atom stereocenters. The molecule has 0 aliphatic heterocycles. The largest absolute Gasteiger partial charge is 0.326 e. The highest BCUT2D eigenvalue weighted by atomic mass is 16.6. The predicted molar refractivity (Wildman–Crippen MR) is 58.7 cm³/mol. The average Bonchev–Trinajstić information content (AvgIpc) is 3.01. The molecule has 5 nitrogen and oxygen atoms in total. The molecule has 5 heteroatoms. The Morgan fingerprint density at radius 3 is 2.56 bits per heavy atom. The van der Waals surface area contributed by atoms with E-state index in [9.17, 15) is 14.9 Å². The standard InChI is InChI=1S/C11H12N2O3/c1-7-2-4-8(5-3-7)12-11(14)9-6-10(9)13(15)16/h2-5,9-10H,6H2,1H3,(H,12,14)/t9-,10-/m0/s1. The van der Waals surface area contributed by atoms with Gasteiger partial charge in [-0.25, -0.2) is 0 Å². The minimum absolute atomic E-state index is 0.259. The molecule has 0 aromatic heterocycles. The van der Waals surface area contributed by atoms with Crippen LogP contribution in [-0.4, -0.2) is 16.9 Å². The summed E-state index contributed by atoms with van der Waals surface area (Å²) in [6, 6.07) is 6.65. The first-order valence-electron chi connectivity index (χ1n) is 5.09. The summed E-state index contributed by atoms with van der Waals surface area (Å²) >= 11 is 0. The molecule has 1 amide bonds. The van der Waals surface area contributed by atoms with E-state index < -0.39 is 12.0 Å². The van der Waals surface area contributed by atoms with Gasteiger partial charge in [0.25, 0.3) is 0 Å². The molecule has 1 aliphatic rings. The quantitative estimate of drug-likeness (QED) is 0.621. The Morgan fingerprint density at radius 2 is 2.06 bits per heavy atom. The van der Waals surface area contributed by atoms with E-state index in [1.54, 1.807) is 12.1 Å². The van der Waals surface area contributed by atoms with Gasteiger partial charge in [-0.3, -0.25) is 14.9 Å². The number of aryl methyl sites for hydroxylation is 1. The molecule has 1 aromatic rings. The number of anilines is 1. The van der Waals surface area contributed by atoms with E-state index in [1.807, 2.05) is 19.1 Å². The van der Waals surface area contributed by atoms with Crippen molar-refractivity contribution in [2.45, 2.75) is 19.4 Å². The number of hydrogen-bond acceptors (Lipinski definition) is 3. The normalized spacial score (nSPS) is 22.6. The van der Waals surface area contributed by atoms with E-state index in [0.717, 1.165) is 5.56 Å². The van der Waals surface area contributed by atoms with Crippen molar-refractivity contribution < 1.29 is 9.72 Å². The molecule has 2 rings (SSSR count). The van der Waals surface area contributed by atoms with Crippen LogP contribution in [0, 0.1) is 23.0 Å². The van der Waals surface area contributed by atoms with Crippen LogP contribution in [0.15, 0.2) is 24.3 Å². The van der Waals surface area contributed by atoms with Crippen molar-refractivity contribution in [1.29, 1.82) is 0 Å². The summed E-state index contributed by atoms with van der Waals surface area (Å²) in [6.45, 7) is 1.95. The Kier molecular flexibility index (Phi) is 2.60. The lowest BCUT2D eigenvalue weighted by molar-refractivity contribution is -0.497. The summed E-state index contributed by atoms with van der Waals surface area (Å²) < 4.78 is 0. The second-order valence-corrected chi connectivity index (χ2v) is 4.05. The van der Waals surface area contributed by atoms with Crippen molar-refractivity contribution in [3.63, 3.8) is 0 Å². The molecule has 0 heterocycles. The van der Waals surface area contributed by atoms with Crippen molar-refractivity contribution in [1.82, 2.24) is 0 Å². The van der Waals surface area contributed by atoms with E-state index in [0.29, 0.717) is 12.1 Å². The van der Waals surface area contributed by atoms with Crippen molar-refractivity contribution in [3.8, 4) is 0 Å². The molecule has 84 valence electrons. The number of nitro groups is 1. The predicted octanol–water partition coefficient (Wildman–Crippen LogP) is 1.60. The minimum Gasteiger partial charge on any atom is -0.326 e. The molecule has 0 spiro atoms. The maximum absolute atomic E-state index is 11.6. The van der Waals surface area contributed by atoms with Crippen LogP contribution in [0.3, 0.4) is 0 Å². The molecule has 1 fully saturated rings. The zero-order valence-corrected chi connectivity index (χ0v) is 8.84. The molecule has 16 heavy (non-hydrogen) atoms. The smallest absolute Gasteiger partial charge is 0.234 e. The van der Waals surface area contributed by atoms with Gasteiger partial charge in [0.05, 0.1) is 0 Å². The molecule has 0 radical (unpaired) electrons. The zero-order chi connectivity index (χ0) is 11.7.